The summed E-state index contributed by atoms with van der Waals surface area (Å²) < 4.78 is 5.44. The zero-order chi connectivity index (χ0) is 13.9. The van der Waals surface area contributed by atoms with E-state index in [9.17, 15) is 0 Å². The smallest absolute Gasteiger partial charge is 0.179 e. The predicted octanol–water partition coefficient (Wildman–Crippen LogP) is 2.12. The van der Waals surface area contributed by atoms with E-state index in [1.54, 1.807) is 7.11 Å². The highest BCUT2D eigenvalue weighted by molar-refractivity contribution is 5.66. The van der Waals surface area contributed by atoms with Crippen molar-refractivity contribution in [2.45, 2.75) is 37.7 Å². The fraction of sp³-hybridized carbons (Fsp3) is 0.500. The maximum Gasteiger partial charge on any atom is 0.179 e. The van der Waals surface area contributed by atoms with Crippen molar-refractivity contribution in [2.75, 3.05) is 12.8 Å². The molecule has 0 unspecified atom stereocenters. The number of benzene rings is 1. The molecular weight excluding hydrogens is 254 g/mol. The zero-order valence-corrected chi connectivity index (χ0v) is 11.5. The molecule has 0 bridgehead atoms. The summed E-state index contributed by atoms with van der Waals surface area (Å²) in [5.41, 5.74) is 8.91. The van der Waals surface area contributed by atoms with Crippen LogP contribution >= 0.6 is 0 Å². The molecule has 1 heterocycles. The highest BCUT2D eigenvalue weighted by atomic mass is 16.5. The molecule has 0 saturated heterocycles. The number of hydrogen-bond donors (Lipinski definition) is 2. The number of tetrazole rings is 1. The molecule has 1 aliphatic rings. The summed E-state index contributed by atoms with van der Waals surface area (Å²) in [6, 6.07) is 6.00. The number of H-pyrrole nitrogens is 1. The highest BCUT2D eigenvalue weighted by Gasteiger charge is 2.25. The molecule has 6 nitrogen and oxygen atoms in total. The van der Waals surface area contributed by atoms with E-state index < -0.39 is 0 Å². The number of nitrogen functional groups attached to an aromatic ring is 1. The van der Waals surface area contributed by atoms with E-state index in [0.717, 1.165) is 36.9 Å². The maximum atomic E-state index is 5.90. The molecule has 1 aromatic carbocycles. The van der Waals surface area contributed by atoms with Crippen LogP contribution in [0.4, 0.5) is 5.69 Å². The van der Waals surface area contributed by atoms with Gasteiger partial charge in [0.1, 0.15) is 0 Å². The van der Waals surface area contributed by atoms with Crippen LogP contribution in [0, 0.1) is 0 Å². The minimum Gasteiger partial charge on any atom is -0.399 e. The molecular formula is C14H19N5O. The van der Waals surface area contributed by atoms with Crippen molar-refractivity contribution in [3.63, 3.8) is 0 Å². The topological polar surface area (TPSA) is 89.7 Å². The van der Waals surface area contributed by atoms with Gasteiger partial charge in [0.15, 0.2) is 5.82 Å². The largest absolute Gasteiger partial charge is 0.399 e. The van der Waals surface area contributed by atoms with Crippen LogP contribution in [-0.4, -0.2) is 33.8 Å². The second-order valence-electron chi connectivity index (χ2n) is 5.31. The number of methoxy groups -OCH3 is 1. The van der Waals surface area contributed by atoms with E-state index in [1.807, 2.05) is 12.1 Å². The Balaban J connectivity index is 1.90. The standard InChI is InChI=1S/C14H19N5O/c1-20-11-5-2-9(3-6-11)12-7-4-10(15)8-13(12)14-16-18-19-17-14/h4,7-9,11H,2-3,5-6,15H2,1H3,(H,16,17,18,19)/t9-,11-. The van der Waals surface area contributed by atoms with Gasteiger partial charge in [-0.05, 0) is 59.7 Å². The second-order valence-corrected chi connectivity index (χ2v) is 5.31. The molecule has 0 aliphatic heterocycles. The lowest BCUT2D eigenvalue weighted by atomic mass is 9.80. The van der Waals surface area contributed by atoms with Crippen LogP contribution in [0.1, 0.15) is 37.2 Å². The molecule has 1 aliphatic carbocycles. The van der Waals surface area contributed by atoms with Gasteiger partial charge in [0.2, 0.25) is 0 Å². The van der Waals surface area contributed by atoms with E-state index in [-0.39, 0.29) is 0 Å². The molecule has 3 N–H and O–H groups in total. The van der Waals surface area contributed by atoms with Crippen molar-refractivity contribution in [1.29, 1.82) is 0 Å². The first-order valence-corrected chi connectivity index (χ1v) is 6.94. The second kappa shape index (κ2) is 5.58. The van der Waals surface area contributed by atoms with Crippen LogP contribution in [0.3, 0.4) is 0 Å². The first-order chi connectivity index (χ1) is 9.78. The van der Waals surface area contributed by atoms with Gasteiger partial charge < -0.3 is 10.5 Å². The summed E-state index contributed by atoms with van der Waals surface area (Å²) in [6.07, 6.45) is 4.84. The van der Waals surface area contributed by atoms with Gasteiger partial charge in [-0.25, -0.2) is 5.10 Å². The van der Waals surface area contributed by atoms with Gasteiger partial charge >= 0.3 is 0 Å². The number of aromatic amines is 1. The Kier molecular flexibility index (Phi) is 3.64. The summed E-state index contributed by atoms with van der Waals surface area (Å²) in [7, 11) is 1.79. The van der Waals surface area contributed by atoms with Crippen LogP contribution < -0.4 is 5.73 Å². The van der Waals surface area contributed by atoms with Crippen molar-refractivity contribution in [3.8, 4) is 11.4 Å². The van der Waals surface area contributed by atoms with Crippen LogP contribution in [0.15, 0.2) is 18.2 Å². The Morgan fingerprint density at radius 1 is 1.25 bits per heavy atom. The van der Waals surface area contributed by atoms with E-state index in [0.29, 0.717) is 17.8 Å². The lowest BCUT2D eigenvalue weighted by Gasteiger charge is -2.28. The number of rotatable bonds is 3. The first kappa shape index (κ1) is 13.1. The molecule has 0 amide bonds. The van der Waals surface area contributed by atoms with E-state index in [2.05, 4.69) is 26.7 Å². The van der Waals surface area contributed by atoms with E-state index in [1.165, 1.54) is 5.56 Å². The fourth-order valence-electron chi connectivity index (χ4n) is 3.02. The number of nitrogens with two attached hydrogens (primary N) is 1. The normalized spacial score (nSPS) is 22.9. The summed E-state index contributed by atoms with van der Waals surface area (Å²) in [6.45, 7) is 0. The van der Waals surface area contributed by atoms with E-state index >= 15 is 0 Å². The highest BCUT2D eigenvalue weighted by Crippen LogP contribution is 2.38. The van der Waals surface area contributed by atoms with Crippen molar-refractivity contribution in [3.05, 3.63) is 23.8 Å². The molecule has 106 valence electrons. The molecule has 0 radical (unpaired) electrons. The third-order valence-electron chi connectivity index (χ3n) is 4.13. The number of nitrogens with zero attached hydrogens (tertiary/aromatic N) is 3. The Morgan fingerprint density at radius 3 is 2.70 bits per heavy atom. The van der Waals surface area contributed by atoms with Crippen LogP contribution in [0.25, 0.3) is 11.4 Å². The van der Waals surface area contributed by atoms with Gasteiger partial charge in [-0.15, -0.1) is 5.10 Å². The lowest BCUT2D eigenvalue weighted by molar-refractivity contribution is 0.0659. The average Bonchev–Trinajstić information content (AvgIpc) is 3.01. The van der Waals surface area contributed by atoms with Crippen molar-refractivity contribution < 1.29 is 4.74 Å². The summed E-state index contributed by atoms with van der Waals surface area (Å²) >= 11 is 0. The van der Waals surface area contributed by atoms with Gasteiger partial charge in [-0.2, -0.15) is 0 Å². The van der Waals surface area contributed by atoms with Crippen molar-refractivity contribution >= 4 is 5.69 Å². The zero-order valence-electron chi connectivity index (χ0n) is 11.5. The van der Waals surface area contributed by atoms with Crippen LogP contribution in [0.2, 0.25) is 0 Å². The quantitative estimate of drug-likeness (QED) is 0.836. The van der Waals surface area contributed by atoms with Crippen molar-refractivity contribution in [2.24, 2.45) is 0 Å². The molecule has 0 atom stereocenters. The monoisotopic (exact) mass is 273 g/mol. The third-order valence-corrected chi connectivity index (χ3v) is 4.13. The van der Waals surface area contributed by atoms with Gasteiger partial charge in [0, 0.05) is 18.4 Å². The molecule has 20 heavy (non-hydrogen) atoms. The predicted molar refractivity (Wildman–Crippen MR) is 76.0 cm³/mol. The number of ether oxygens (including phenoxy) is 1. The molecule has 6 heteroatoms. The fourth-order valence-corrected chi connectivity index (χ4v) is 3.02. The lowest BCUT2D eigenvalue weighted by Crippen LogP contribution is -2.19. The first-order valence-electron chi connectivity index (χ1n) is 6.94. The Labute approximate surface area is 117 Å². The Bertz CT molecular complexity index is 561. The number of anilines is 1. The summed E-state index contributed by atoms with van der Waals surface area (Å²) in [5.74, 6) is 1.20. The summed E-state index contributed by atoms with van der Waals surface area (Å²) in [5, 5.41) is 14.2. The maximum absolute atomic E-state index is 5.90. The van der Waals surface area contributed by atoms with Crippen LogP contribution in [0.5, 0.6) is 0 Å². The Morgan fingerprint density at radius 2 is 2.05 bits per heavy atom. The number of hydrogen-bond acceptors (Lipinski definition) is 5. The van der Waals surface area contributed by atoms with E-state index in [4.69, 9.17) is 10.5 Å². The molecule has 1 fully saturated rings. The van der Waals surface area contributed by atoms with Crippen LogP contribution in [-0.2, 0) is 4.74 Å². The molecule has 3 rings (SSSR count). The SMILES string of the molecule is CO[C@H]1CC[C@H](c2ccc(N)cc2-c2nnn[nH]2)CC1. The molecule has 0 spiro atoms. The molecule has 1 saturated carbocycles. The molecule has 2 aromatic rings. The number of aromatic nitrogens is 4. The average molecular weight is 273 g/mol. The number of nitrogens with one attached hydrogen (secondary N) is 1. The van der Waals surface area contributed by atoms with Gasteiger partial charge in [-0.1, -0.05) is 6.07 Å². The van der Waals surface area contributed by atoms with Gasteiger partial charge in [0.25, 0.3) is 0 Å². The van der Waals surface area contributed by atoms with Gasteiger partial charge in [-0.3, -0.25) is 0 Å². The molecule has 1 aromatic heterocycles. The minimum atomic E-state index is 0.399. The minimum absolute atomic E-state index is 0.399. The van der Waals surface area contributed by atoms with Crippen molar-refractivity contribution in [1.82, 2.24) is 20.6 Å². The third kappa shape index (κ3) is 2.51. The Hall–Kier alpha value is -1.95. The van der Waals surface area contributed by atoms with Gasteiger partial charge in [0.05, 0.1) is 6.10 Å². The summed E-state index contributed by atoms with van der Waals surface area (Å²) in [4.78, 5) is 0.